The molecule has 0 aliphatic heterocycles. The van der Waals surface area contributed by atoms with Crippen LogP contribution in [0.15, 0.2) is 24.3 Å². The molecule has 14 heavy (non-hydrogen) atoms. The van der Waals surface area contributed by atoms with E-state index in [9.17, 15) is 4.79 Å². The Morgan fingerprint density at radius 3 is 2.36 bits per heavy atom. The molecule has 1 aromatic rings. The Bertz CT molecular complexity index is 354. The Morgan fingerprint density at radius 2 is 1.93 bits per heavy atom. The van der Waals surface area contributed by atoms with Gasteiger partial charge in [0.05, 0.1) is 5.54 Å². The molecule has 0 heterocycles. The van der Waals surface area contributed by atoms with Crippen molar-refractivity contribution in [3.8, 4) is 0 Å². The van der Waals surface area contributed by atoms with Crippen LogP contribution in [0.5, 0.6) is 0 Å². The number of anilines is 1. The van der Waals surface area contributed by atoms with E-state index in [0.717, 1.165) is 18.5 Å². The first-order valence-electron chi connectivity index (χ1n) is 4.67. The van der Waals surface area contributed by atoms with Gasteiger partial charge in [0.2, 0.25) is 0 Å². The second kappa shape index (κ2) is 3.28. The van der Waals surface area contributed by atoms with E-state index >= 15 is 0 Å². The molecule has 1 aliphatic carbocycles. The summed E-state index contributed by atoms with van der Waals surface area (Å²) in [7, 11) is 0. The van der Waals surface area contributed by atoms with E-state index in [-0.39, 0.29) is 11.3 Å². The van der Waals surface area contributed by atoms with Gasteiger partial charge in [-0.05, 0) is 44.0 Å². The number of carbonyl (C=O) groups is 1. The predicted octanol–water partition coefficient (Wildman–Crippen LogP) is 2.87. The highest BCUT2D eigenvalue weighted by Crippen LogP contribution is 2.39. The Morgan fingerprint density at radius 1 is 1.36 bits per heavy atom. The van der Waals surface area contributed by atoms with Gasteiger partial charge in [-0.1, -0.05) is 11.6 Å². The number of hydrogen-bond acceptors (Lipinski definition) is 2. The zero-order chi connectivity index (χ0) is 10.2. The summed E-state index contributed by atoms with van der Waals surface area (Å²) < 4.78 is 0. The number of nitrogens with one attached hydrogen (secondary N) is 1. The lowest BCUT2D eigenvalue weighted by molar-refractivity contribution is -0.118. The van der Waals surface area contributed by atoms with Crippen LogP contribution < -0.4 is 5.32 Å². The number of hydrogen-bond donors (Lipinski definition) is 1. The van der Waals surface area contributed by atoms with Gasteiger partial charge in [0.15, 0.2) is 5.78 Å². The lowest BCUT2D eigenvalue weighted by atomic mass is 10.1. The van der Waals surface area contributed by atoms with Crippen LogP contribution in [0.3, 0.4) is 0 Å². The van der Waals surface area contributed by atoms with E-state index in [0.29, 0.717) is 5.02 Å². The first kappa shape index (κ1) is 9.53. The zero-order valence-electron chi connectivity index (χ0n) is 8.01. The summed E-state index contributed by atoms with van der Waals surface area (Å²) in [5.74, 6) is 0.215. The number of carbonyl (C=O) groups excluding carboxylic acids is 1. The third kappa shape index (κ3) is 1.75. The summed E-state index contributed by atoms with van der Waals surface area (Å²) in [6, 6.07) is 7.43. The smallest absolute Gasteiger partial charge is 0.155 e. The highest BCUT2D eigenvalue weighted by atomic mass is 35.5. The Kier molecular flexibility index (Phi) is 2.23. The molecule has 1 N–H and O–H groups in total. The quantitative estimate of drug-likeness (QED) is 0.830. The third-order valence-corrected chi connectivity index (χ3v) is 2.90. The van der Waals surface area contributed by atoms with Crippen LogP contribution in [0.2, 0.25) is 5.02 Å². The number of ketones is 1. The molecule has 0 atom stereocenters. The molecule has 0 bridgehead atoms. The largest absolute Gasteiger partial charge is 0.373 e. The maximum absolute atomic E-state index is 11.3. The molecular formula is C11H12ClNO. The highest BCUT2D eigenvalue weighted by Gasteiger charge is 2.47. The summed E-state index contributed by atoms with van der Waals surface area (Å²) in [5.41, 5.74) is 0.676. The summed E-state index contributed by atoms with van der Waals surface area (Å²) in [4.78, 5) is 11.3. The Balaban J connectivity index is 2.11. The van der Waals surface area contributed by atoms with Crippen molar-refractivity contribution in [3.05, 3.63) is 29.3 Å². The van der Waals surface area contributed by atoms with Crippen LogP contribution in [-0.4, -0.2) is 11.3 Å². The number of halogens is 1. The van der Waals surface area contributed by atoms with Crippen LogP contribution in [-0.2, 0) is 4.79 Å². The SMILES string of the molecule is CC(=O)C1(Nc2ccc(Cl)cc2)CC1. The van der Waals surface area contributed by atoms with Crippen molar-refractivity contribution in [2.24, 2.45) is 0 Å². The molecule has 1 aromatic carbocycles. The highest BCUT2D eigenvalue weighted by molar-refractivity contribution is 6.30. The molecule has 0 spiro atoms. The molecule has 2 nitrogen and oxygen atoms in total. The average molecular weight is 210 g/mol. The second-order valence-corrected chi connectivity index (χ2v) is 4.21. The van der Waals surface area contributed by atoms with Gasteiger partial charge >= 0.3 is 0 Å². The first-order valence-corrected chi connectivity index (χ1v) is 5.05. The molecule has 2 rings (SSSR count). The van der Waals surface area contributed by atoms with E-state index in [4.69, 9.17) is 11.6 Å². The average Bonchev–Trinajstić information content (AvgIpc) is 2.90. The van der Waals surface area contributed by atoms with Gasteiger partial charge in [-0.15, -0.1) is 0 Å². The van der Waals surface area contributed by atoms with Crippen molar-refractivity contribution in [1.29, 1.82) is 0 Å². The van der Waals surface area contributed by atoms with Gasteiger partial charge < -0.3 is 5.32 Å². The minimum absolute atomic E-state index is 0.215. The summed E-state index contributed by atoms with van der Waals surface area (Å²) in [6.07, 6.45) is 1.87. The Hall–Kier alpha value is -1.02. The van der Waals surface area contributed by atoms with Crippen LogP contribution in [0.4, 0.5) is 5.69 Å². The second-order valence-electron chi connectivity index (χ2n) is 3.77. The molecule has 74 valence electrons. The molecule has 0 saturated heterocycles. The van der Waals surface area contributed by atoms with Crippen molar-refractivity contribution in [2.45, 2.75) is 25.3 Å². The lowest BCUT2D eigenvalue weighted by Gasteiger charge is -2.15. The number of Topliss-reactive ketones (excluding diaryl/α,β-unsaturated/α-hetero) is 1. The number of rotatable bonds is 3. The monoisotopic (exact) mass is 209 g/mol. The fourth-order valence-electron chi connectivity index (χ4n) is 1.50. The molecule has 1 fully saturated rings. The van der Waals surface area contributed by atoms with Crippen LogP contribution >= 0.6 is 11.6 Å². The van der Waals surface area contributed by atoms with Gasteiger partial charge in [0.25, 0.3) is 0 Å². The summed E-state index contributed by atoms with van der Waals surface area (Å²) in [5, 5.41) is 3.96. The topological polar surface area (TPSA) is 29.1 Å². The normalized spacial score (nSPS) is 17.6. The summed E-state index contributed by atoms with van der Waals surface area (Å²) >= 11 is 5.77. The predicted molar refractivity (Wildman–Crippen MR) is 57.7 cm³/mol. The molecule has 0 aromatic heterocycles. The van der Waals surface area contributed by atoms with Crippen molar-refractivity contribution >= 4 is 23.1 Å². The van der Waals surface area contributed by atoms with E-state index in [1.807, 2.05) is 24.3 Å². The van der Waals surface area contributed by atoms with Gasteiger partial charge in [-0.25, -0.2) is 0 Å². The van der Waals surface area contributed by atoms with Crippen LogP contribution in [0, 0.1) is 0 Å². The van der Waals surface area contributed by atoms with Crippen LogP contribution in [0.25, 0.3) is 0 Å². The fourth-order valence-corrected chi connectivity index (χ4v) is 1.63. The van der Waals surface area contributed by atoms with E-state index < -0.39 is 0 Å². The molecule has 0 amide bonds. The minimum Gasteiger partial charge on any atom is -0.373 e. The van der Waals surface area contributed by atoms with Crippen LogP contribution in [0.1, 0.15) is 19.8 Å². The fraction of sp³-hybridized carbons (Fsp3) is 0.364. The van der Waals surface area contributed by atoms with Gasteiger partial charge in [0.1, 0.15) is 0 Å². The zero-order valence-corrected chi connectivity index (χ0v) is 8.77. The summed E-state index contributed by atoms with van der Waals surface area (Å²) in [6.45, 7) is 1.63. The molecule has 0 unspecified atom stereocenters. The minimum atomic E-state index is -0.284. The van der Waals surface area contributed by atoms with Gasteiger partial charge in [0, 0.05) is 10.7 Å². The maximum atomic E-state index is 11.3. The van der Waals surface area contributed by atoms with Gasteiger partial charge in [-0.2, -0.15) is 0 Å². The molecule has 1 aliphatic rings. The van der Waals surface area contributed by atoms with Crippen molar-refractivity contribution in [1.82, 2.24) is 0 Å². The third-order valence-electron chi connectivity index (χ3n) is 2.65. The lowest BCUT2D eigenvalue weighted by Crippen LogP contribution is -2.29. The molecule has 0 radical (unpaired) electrons. The molecule has 1 saturated carbocycles. The maximum Gasteiger partial charge on any atom is 0.155 e. The van der Waals surface area contributed by atoms with Crippen molar-refractivity contribution < 1.29 is 4.79 Å². The molecule has 3 heteroatoms. The standard InChI is InChI=1S/C11H12ClNO/c1-8(14)11(6-7-11)13-10-4-2-9(12)3-5-10/h2-5,13H,6-7H2,1H3. The Labute approximate surface area is 88.3 Å². The van der Waals surface area contributed by atoms with Gasteiger partial charge in [-0.3, -0.25) is 4.79 Å². The molecular weight excluding hydrogens is 198 g/mol. The first-order chi connectivity index (χ1) is 6.62. The van der Waals surface area contributed by atoms with E-state index in [1.165, 1.54) is 0 Å². The van der Waals surface area contributed by atoms with Crippen molar-refractivity contribution in [2.75, 3.05) is 5.32 Å². The van der Waals surface area contributed by atoms with E-state index in [1.54, 1.807) is 6.92 Å². The van der Waals surface area contributed by atoms with E-state index in [2.05, 4.69) is 5.32 Å². The van der Waals surface area contributed by atoms with Crippen molar-refractivity contribution in [3.63, 3.8) is 0 Å². The number of benzene rings is 1.